The molecule has 2 amide bonds. The normalized spacial score (nSPS) is 17.0. The van der Waals surface area contributed by atoms with Crippen molar-refractivity contribution in [2.24, 2.45) is 0 Å². The van der Waals surface area contributed by atoms with Crippen LogP contribution in [-0.4, -0.2) is 38.3 Å². The van der Waals surface area contributed by atoms with E-state index in [1.54, 1.807) is 49.4 Å². The predicted molar refractivity (Wildman–Crippen MR) is 139 cm³/mol. The standard InChI is InChI=1S/C28H26ClF3N2O4/c1-4-26(35)33(19-10-8-18(29)9-11-19)24-16-25(28(30,31)32)34(23-13-12-21(38-3)15-22(23)24)27(36)17-6-5-7-20(14-17)37-2/h5-15,24-25H,4,16H2,1-3H3/t24-,25-/m1/s1. The highest BCUT2D eigenvalue weighted by Crippen LogP contribution is 2.48. The fourth-order valence-electron chi connectivity index (χ4n) is 4.70. The molecule has 10 heteroatoms. The Labute approximate surface area is 223 Å². The number of halogens is 4. The monoisotopic (exact) mass is 546 g/mol. The highest BCUT2D eigenvalue weighted by atomic mass is 35.5. The Balaban J connectivity index is 1.93. The predicted octanol–water partition coefficient (Wildman–Crippen LogP) is 6.82. The first-order valence-corrected chi connectivity index (χ1v) is 12.3. The van der Waals surface area contributed by atoms with E-state index >= 15 is 0 Å². The van der Waals surface area contributed by atoms with Crippen molar-refractivity contribution in [3.63, 3.8) is 0 Å². The van der Waals surface area contributed by atoms with Gasteiger partial charge >= 0.3 is 6.18 Å². The van der Waals surface area contributed by atoms with Crippen molar-refractivity contribution in [3.05, 3.63) is 82.9 Å². The number of carbonyl (C=O) groups is 2. The van der Waals surface area contributed by atoms with Crippen LogP contribution in [0.5, 0.6) is 11.5 Å². The smallest absolute Gasteiger partial charge is 0.409 e. The van der Waals surface area contributed by atoms with Crippen molar-refractivity contribution in [1.82, 2.24) is 0 Å². The van der Waals surface area contributed by atoms with Crippen LogP contribution in [0.1, 0.15) is 41.7 Å². The maximum Gasteiger partial charge on any atom is 0.409 e. The van der Waals surface area contributed by atoms with Crippen molar-refractivity contribution < 1.29 is 32.2 Å². The third-order valence-electron chi connectivity index (χ3n) is 6.51. The first-order valence-electron chi connectivity index (χ1n) is 11.9. The summed E-state index contributed by atoms with van der Waals surface area (Å²) >= 11 is 6.03. The lowest BCUT2D eigenvalue weighted by atomic mass is 9.88. The molecule has 0 bridgehead atoms. The van der Waals surface area contributed by atoms with Gasteiger partial charge in [0, 0.05) is 34.7 Å². The number of alkyl halides is 3. The van der Waals surface area contributed by atoms with Crippen LogP contribution in [0, 0.1) is 0 Å². The van der Waals surface area contributed by atoms with Gasteiger partial charge in [-0.3, -0.25) is 14.5 Å². The van der Waals surface area contributed by atoms with Gasteiger partial charge in [0.1, 0.15) is 17.5 Å². The van der Waals surface area contributed by atoms with E-state index in [0.29, 0.717) is 27.8 Å². The molecule has 0 saturated heterocycles. The Morgan fingerprint density at radius 2 is 1.66 bits per heavy atom. The van der Waals surface area contributed by atoms with Crippen LogP contribution in [-0.2, 0) is 4.79 Å². The number of ether oxygens (including phenoxy) is 2. The molecule has 0 unspecified atom stereocenters. The van der Waals surface area contributed by atoms with Crippen molar-refractivity contribution in [3.8, 4) is 11.5 Å². The molecule has 3 aromatic rings. The lowest BCUT2D eigenvalue weighted by Crippen LogP contribution is -2.55. The molecule has 1 aliphatic rings. The molecule has 200 valence electrons. The maximum atomic E-state index is 14.7. The van der Waals surface area contributed by atoms with E-state index < -0.39 is 30.6 Å². The summed E-state index contributed by atoms with van der Waals surface area (Å²) in [6, 6.07) is 13.6. The first-order chi connectivity index (χ1) is 18.1. The van der Waals surface area contributed by atoms with Gasteiger partial charge in [-0.25, -0.2) is 0 Å². The largest absolute Gasteiger partial charge is 0.497 e. The molecular formula is C28H26ClF3N2O4. The van der Waals surface area contributed by atoms with Crippen LogP contribution >= 0.6 is 11.6 Å². The summed E-state index contributed by atoms with van der Waals surface area (Å²) in [5, 5.41) is 0.423. The van der Waals surface area contributed by atoms with Crippen molar-refractivity contribution in [2.75, 3.05) is 24.0 Å². The van der Waals surface area contributed by atoms with E-state index in [1.165, 1.54) is 43.4 Å². The first kappa shape index (κ1) is 27.3. The van der Waals surface area contributed by atoms with Gasteiger partial charge in [-0.15, -0.1) is 0 Å². The summed E-state index contributed by atoms with van der Waals surface area (Å²) in [4.78, 5) is 29.0. The molecule has 0 saturated carbocycles. The Hall–Kier alpha value is -3.72. The van der Waals surface area contributed by atoms with Gasteiger partial charge < -0.3 is 14.4 Å². The molecular weight excluding hydrogens is 521 g/mol. The van der Waals surface area contributed by atoms with E-state index in [9.17, 15) is 22.8 Å². The summed E-state index contributed by atoms with van der Waals surface area (Å²) in [5.41, 5.74) is 0.837. The number of carbonyl (C=O) groups excluding carboxylic acids is 2. The third-order valence-corrected chi connectivity index (χ3v) is 6.76. The van der Waals surface area contributed by atoms with E-state index in [-0.39, 0.29) is 23.6 Å². The molecule has 0 fully saturated rings. The number of benzene rings is 3. The lowest BCUT2D eigenvalue weighted by molar-refractivity contribution is -0.151. The maximum absolute atomic E-state index is 14.7. The molecule has 6 nitrogen and oxygen atoms in total. The number of hydrogen-bond acceptors (Lipinski definition) is 4. The second-order valence-corrected chi connectivity index (χ2v) is 9.17. The van der Waals surface area contributed by atoms with Gasteiger partial charge in [0.05, 0.1) is 25.9 Å². The van der Waals surface area contributed by atoms with Crippen LogP contribution in [0.3, 0.4) is 0 Å². The summed E-state index contributed by atoms with van der Waals surface area (Å²) in [7, 11) is 2.84. The van der Waals surface area contributed by atoms with Gasteiger partial charge in [0.15, 0.2) is 0 Å². The average molecular weight is 547 g/mol. The molecule has 2 atom stereocenters. The fourth-order valence-corrected chi connectivity index (χ4v) is 4.82. The number of hydrogen-bond donors (Lipinski definition) is 0. The zero-order valence-electron chi connectivity index (χ0n) is 21.0. The molecule has 0 spiro atoms. The Kier molecular flexibility index (Phi) is 7.87. The van der Waals surface area contributed by atoms with E-state index in [2.05, 4.69) is 0 Å². The zero-order valence-corrected chi connectivity index (χ0v) is 21.7. The highest BCUT2D eigenvalue weighted by molar-refractivity contribution is 6.30. The van der Waals surface area contributed by atoms with Gasteiger partial charge in [-0.1, -0.05) is 24.6 Å². The van der Waals surface area contributed by atoms with Crippen molar-refractivity contribution in [2.45, 2.75) is 38.0 Å². The van der Waals surface area contributed by atoms with Crippen LogP contribution in [0.4, 0.5) is 24.5 Å². The second-order valence-electron chi connectivity index (χ2n) is 8.73. The molecule has 0 radical (unpaired) electrons. The molecule has 0 aromatic heterocycles. The summed E-state index contributed by atoms with van der Waals surface area (Å²) in [6.07, 6.45) is -5.30. The summed E-state index contributed by atoms with van der Waals surface area (Å²) in [6.45, 7) is 1.64. The van der Waals surface area contributed by atoms with E-state index in [0.717, 1.165) is 4.90 Å². The van der Waals surface area contributed by atoms with Crippen LogP contribution < -0.4 is 19.3 Å². The molecule has 38 heavy (non-hydrogen) atoms. The number of rotatable bonds is 6. The van der Waals surface area contributed by atoms with Crippen molar-refractivity contribution >= 4 is 34.8 Å². The Morgan fingerprint density at radius 1 is 1.00 bits per heavy atom. The summed E-state index contributed by atoms with van der Waals surface area (Å²) in [5.74, 6) is -0.491. The number of nitrogens with zero attached hydrogens (tertiary/aromatic N) is 2. The van der Waals surface area contributed by atoms with Crippen LogP contribution in [0.2, 0.25) is 5.02 Å². The zero-order chi connectivity index (χ0) is 27.6. The minimum Gasteiger partial charge on any atom is -0.497 e. The molecule has 4 rings (SSSR count). The lowest BCUT2D eigenvalue weighted by Gasteiger charge is -2.45. The topological polar surface area (TPSA) is 59.1 Å². The van der Waals surface area contributed by atoms with E-state index in [1.807, 2.05) is 0 Å². The van der Waals surface area contributed by atoms with Crippen LogP contribution in [0.25, 0.3) is 0 Å². The third kappa shape index (κ3) is 5.29. The second kappa shape index (κ2) is 10.9. The minimum absolute atomic E-state index is 0.0398. The SMILES string of the molecule is CCC(=O)N(c1ccc(Cl)cc1)[C@@H]1C[C@H](C(F)(F)F)N(C(=O)c2cccc(OC)c2)c2ccc(OC)cc21. The Bertz CT molecular complexity index is 1330. The number of fused-ring (bicyclic) bond motifs is 1. The minimum atomic E-state index is -4.79. The molecule has 3 aromatic carbocycles. The quantitative estimate of drug-likeness (QED) is 0.340. The van der Waals surface area contributed by atoms with Gasteiger partial charge in [-0.2, -0.15) is 13.2 Å². The van der Waals surface area contributed by atoms with E-state index in [4.69, 9.17) is 21.1 Å². The van der Waals surface area contributed by atoms with Gasteiger partial charge in [0.2, 0.25) is 5.91 Å². The summed E-state index contributed by atoms with van der Waals surface area (Å²) < 4.78 is 54.5. The number of anilines is 2. The van der Waals surface area contributed by atoms with Crippen LogP contribution in [0.15, 0.2) is 66.7 Å². The average Bonchev–Trinajstić information content (AvgIpc) is 2.92. The molecule has 0 N–H and O–H groups in total. The molecule has 1 aliphatic heterocycles. The molecule has 1 heterocycles. The fraction of sp³-hybridized carbons (Fsp3) is 0.286. The Morgan fingerprint density at radius 3 is 2.26 bits per heavy atom. The number of amides is 2. The highest BCUT2D eigenvalue weighted by Gasteiger charge is 2.52. The molecule has 0 aliphatic carbocycles. The van der Waals surface area contributed by atoms with Crippen molar-refractivity contribution in [1.29, 1.82) is 0 Å². The number of methoxy groups -OCH3 is 2. The van der Waals surface area contributed by atoms with Gasteiger partial charge in [0.25, 0.3) is 5.91 Å². The van der Waals surface area contributed by atoms with Gasteiger partial charge in [-0.05, 0) is 60.7 Å².